The topological polar surface area (TPSA) is 52.6 Å². The van der Waals surface area contributed by atoms with Gasteiger partial charge in [-0.25, -0.2) is 4.79 Å². The summed E-state index contributed by atoms with van der Waals surface area (Å²) in [4.78, 5) is 24.4. The van der Waals surface area contributed by atoms with E-state index in [0.29, 0.717) is 29.2 Å². The summed E-state index contributed by atoms with van der Waals surface area (Å²) in [5.41, 5.74) is 2.33. The van der Waals surface area contributed by atoms with E-state index in [1.165, 1.54) is 18.9 Å². The van der Waals surface area contributed by atoms with Crippen LogP contribution in [-0.4, -0.2) is 24.1 Å². The lowest BCUT2D eigenvalue weighted by molar-refractivity contribution is -0.156. The number of rotatable bonds is 3. The van der Waals surface area contributed by atoms with Gasteiger partial charge in [0.05, 0.1) is 5.56 Å². The molecule has 0 amide bonds. The lowest BCUT2D eigenvalue weighted by Crippen LogP contribution is -2.55. The van der Waals surface area contributed by atoms with Crippen LogP contribution in [-0.2, 0) is 14.3 Å². The molecule has 33 heavy (non-hydrogen) atoms. The Morgan fingerprint density at radius 3 is 2.36 bits per heavy atom. The second-order valence-electron chi connectivity index (χ2n) is 11.7. The molecule has 178 valence electrons. The number of ether oxygens (including phenoxy) is 2. The van der Waals surface area contributed by atoms with E-state index in [9.17, 15) is 9.59 Å². The molecule has 8 atom stereocenters. The minimum Gasteiger partial charge on any atom is -0.463 e. The molecule has 1 aromatic rings. The van der Waals surface area contributed by atoms with Gasteiger partial charge in [-0.15, -0.1) is 0 Å². The van der Waals surface area contributed by atoms with Gasteiger partial charge < -0.3 is 9.47 Å². The molecule has 0 N–H and O–H groups in total. The van der Waals surface area contributed by atoms with E-state index in [2.05, 4.69) is 20.4 Å². The van der Waals surface area contributed by atoms with Crippen LogP contribution >= 0.6 is 0 Å². The highest BCUT2D eigenvalue weighted by atomic mass is 16.5. The SMILES string of the molecule is C=C1C[C@H]2C[C@@H](OC(C)=O)CC[C@]2(C)[C@@H]2CC[C@@]3(C)[C@@H](OC(=O)c4ccccc4)CC[C@@H]3[C@@H]12. The van der Waals surface area contributed by atoms with Crippen LogP contribution in [0.3, 0.4) is 0 Å². The maximum Gasteiger partial charge on any atom is 0.338 e. The minimum absolute atomic E-state index is 0.0193. The Morgan fingerprint density at radius 2 is 1.64 bits per heavy atom. The van der Waals surface area contributed by atoms with Crippen molar-refractivity contribution in [3.05, 3.63) is 48.0 Å². The number of hydrogen-bond acceptors (Lipinski definition) is 4. The van der Waals surface area contributed by atoms with Gasteiger partial charge in [-0.2, -0.15) is 0 Å². The van der Waals surface area contributed by atoms with Crippen molar-refractivity contribution in [1.82, 2.24) is 0 Å². The molecule has 4 nitrogen and oxygen atoms in total. The molecule has 4 saturated carbocycles. The highest BCUT2D eigenvalue weighted by molar-refractivity contribution is 5.89. The van der Waals surface area contributed by atoms with Gasteiger partial charge in [0.1, 0.15) is 12.2 Å². The summed E-state index contributed by atoms with van der Waals surface area (Å²) in [6, 6.07) is 9.38. The maximum absolute atomic E-state index is 12.8. The molecule has 4 fully saturated rings. The Labute approximate surface area is 198 Å². The second-order valence-corrected chi connectivity index (χ2v) is 11.7. The lowest BCUT2D eigenvalue weighted by atomic mass is 9.44. The highest BCUT2D eigenvalue weighted by Gasteiger charge is 2.62. The first-order valence-corrected chi connectivity index (χ1v) is 12.8. The molecule has 0 bridgehead atoms. The molecule has 0 aromatic heterocycles. The largest absolute Gasteiger partial charge is 0.463 e. The predicted molar refractivity (Wildman–Crippen MR) is 127 cm³/mol. The van der Waals surface area contributed by atoms with Gasteiger partial charge in [0, 0.05) is 12.3 Å². The van der Waals surface area contributed by atoms with Crippen molar-refractivity contribution in [3.63, 3.8) is 0 Å². The Hall–Kier alpha value is -2.10. The number of esters is 2. The quantitative estimate of drug-likeness (QED) is 0.398. The summed E-state index contributed by atoms with van der Waals surface area (Å²) in [6.45, 7) is 11.0. The van der Waals surface area contributed by atoms with E-state index < -0.39 is 0 Å². The third kappa shape index (κ3) is 3.74. The number of carbonyl (C=O) groups excluding carboxylic acids is 2. The molecule has 4 aliphatic rings. The van der Waals surface area contributed by atoms with Crippen LogP contribution in [0.2, 0.25) is 0 Å². The third-order valence-electron chi connectivity index (χ3n) is 10.1. The lowest BCUT2D eigenvalue weighted by Gasteiger charge is -2.61. The standard InChI is InChI=1S/C29H38O4/c1-18-16-21-17-22(32-19(2)30)12-14-28(21,3)24-13-15-29(4)23(26(18)24)10-11-25(29)33-27(31)20-8-6-5-7-9-20/h5-9,21-26H,1,10-17H2,2-4H3/t21-,22-,23+,24+,25-,26+,28-,29+/m0/s1. The molecule has 0 radical (unpaired) electrons. The van der Waals surface area contributed by atoms with Gasteiger partial charge in [-0.05, 0) is 92.6 Å². The number of allylic oxidation sites excluding steroid dienone is 1. The van der Waals surface area contributed by atoms with Gasteiger partial charge in [-0.1, -0.05) is 44.2 Å². The molecule has 5 rings (SSSR count). The normalized spacial score (nSPS) is 42.0. The zero-order valence-corrected chi connectivity index (χ0v) is 20.3. The van der Waals surface area contributed by atoms with E-state index in [4.69, 9.17) is 9.47 Å². The van der Waals surface area contributed by atoms with Gasteiger partial charge in [0.15, 0.2) is 0 Å². The Balaban J connectivity index is 1.34. The van der Waals surface area contributed by atoms with E-state index in [-0.39, 0.29) is 35.0 Å². The summed E-state index contributed by atoms with van der Waals surface area (Å²) < 4.78 is 11.8. The summed E-state index contributed by atoms with van der Waals surface area (Å²) in [5, 5.41) is 0. The summed E-state index contributed by atoms with van der Waals surface area (Å²) in [7, 11) is 0. The number of hydrogen-bond donors (Lipinski definition) is 0. The van der Waals surface area contributed by atoms with E-state index in [1.807, 2.05) is 30.3 Å². The highest BCUT2D eigenvalue weighted by Crippen LogP contribution is 2.67. The van der Waals surface area contributed by atoms with Crippen LogP contribution in [0, 0.1) is 34.5 Å². The van der Waals surface area contributed by atoms with Crippen molar-refractivity contribution >= 4 is 11.9 Å². The van der Waals surface area contributed by atoms with Crippen LogP contribution in [0.15, 0.2) is 42.5 Å². The summed E-state index contributed by atoms with van der Waals surface area (Å²) >= 11 is 0. The molecule has 0 aliphatic heterocycles. The zero-order chi connectivity index (χ0) is 23.4. The van der Waals surface area contributed by atoms with Crippen molar-refractivity contribution in [3.8, 4) is 0 Å². The fraction of sp³-hybridized carbons (Fsp3) is 0.655. The van der Waals surface area contributed by atoms with Crippen molar-refractivity contribution in [2.45, 2.75) is 84.3 Å². The van der Waals surface area contributed by atoms with Gasteiger partial charge in [0.25, 0.3) is 0 Å². The fourth-order valence-corrected chi connectivity index (χ4v) is 8.35. The third-order valence-corrected chi connectivity index (χ3v) is 10.1. The molecule has 4 aliphatic carbocycles. The molecular weight excluding hydrogens is 412 g/mol. The fourth-order valence-electron chi connectivity index (χ4n) is 8.35. The van der Waals surface area contributed by atoms with Crippen LogP contribution < -0.4 is 0 Å². The molecule has 0 unspecified atom stereocenters. The Kier molecular flexibility index (Phi) is 5.69. The zero-order valence-electron chi connectivity index (χ0n) is 20.3. The Bertz CT molecular complexity index is 938. The van der Waals surface area contributed by atoms with Crippen molar-refractivity contribution in [2.75, 3.05) is 0 Å². The molecular formula is C29H38O4. The number of benzene rings is 1. The molecule has 4 heteroatoms. The molecule has 0 saturated heterocycles. The van der Waals surface area contributed by atoms with Crippen molar-refractivity contribution in [2.24, 2.45) is 34.5 Å². The average molecular weight is 451 g/mol. The summed E-state index contributed by atoms with van der Waals surface area (Å²) in [6.07, 6.45) is 8.48. The monoisotopic (exact) mass is 450 g/mol. The van der Waals surface area contributed by atoms with Gasteiger partial charge >= 0.3 is 11.9 Å². The molecule has 0 spiro atoms. The first-order valence-electron chi connectivity index (χ1n) is 12.8. The van der Waals surface area contributed by atoms with Gasteiger partial charge in [-0.3, -0.25) is 4.79 Å². The predicted octanol–water partition coefficient (Wildman–Crippen LogP) is 6.35. The van der Waals surface area contributed by atoms with Crippen LogP contribution in [0.5, 0.6) is 0 Å². The first-order chi connectivity index (χ1) is 15.7. The van der Waals surface area contributed by atoms with Crippen LogP contribution in [0.4, 0.5) is 0 Å². The maximum atomic E-state index is 12.8. The first kappa shape index (κ1) is 22.7. The van der Waals surface area contributed by atoms with E-state index >= 15 is 0 Å². The van der Waals surface area contributed by atoms with Crippen LogP contribution in [0.25, 0.3) is 0 Å². The number of fused-ring (bicyclic) bond motifs is 5. The van der Waals surface area contributed by atoms with Gasteiger partial charge in [0.2, 0.25) is 0 Å². The summed E-state index contributed by atoms with van der Waals surface area (Å²) in [5.74, 6) is 1.86. The van der Waals surface area contributed by atoms with Crippen molar-refractivity contribution < 1.29 is 19.1 Å². The minimum atomic E-state index is -0.192. The number of carbonyl (C=O) groups is 2. The van der Waals surface area contributed by atoms with Crippen molar-refractivity contribution in [1.29, 1.82) is 0 Å². The van der Waals surface area contributed by atoms with E-state index in [1.54, 1.807) is 0 Å². The Morgan fingerprint density at radius 1 is 0.939 bits per heavy atom. The van der Waals surface area contributed by atoms with Crippen LogP contribution in [0.1, 0.15) is 82.5 Å². The van der Waals surface area contributed by atoms with E-state index in [0.717, 1.165) is 44.9 Å². The smallest absolute Gasteiger partial charge is 0.338 e. The molecule has 1 aromatic carbocycles. The average Bonchev–Trinajstić information content (AvgIpc) is 3.11. The molecule has 0 heterocycles. The second kappa shape index (κ2) is 8.29.